The monoisotopic (exact) mass is 159 g/mol. The third-order valence-corrected chi connectivity index (χ3v) is 0.888. The molecule has 0 aromatic heterocycles. The van der Waals surface area contributed by atoms with Gasteiger partial charge in [0.05, 0.1) is 12.2 Å². The van der Waals surface area contributed by atoms with Crippen molar-refractivity contribution in [3.05, 3.63) is 0 Å². The summed E-state index contributed by atoms with van der Waals surface area (Å²) in [5.41, 5.74) is 0. The molecule has 1 radical (unpaired) electrons. The highest BCUT2D eigenvalue weighted by Gasteiger charge is 2.12. The van der Waals surface area contributed by atoms with Crippen molar-refractivity contribution in [1.29, 1.82) is 0 Å². The summed E-state index contributed by atoms with van der Waals surface area (Å²) in [5, 5.41) is 0. The Morgan fingerprint density at radius 1 is 1.00 bits per heavy atom. The first-order valence-electron chi connectivity index (χ1n) is 3.75. The SMILES string of the molecule is CC(C)OC([C]=O)OC(C)C. The van der Waals surface area contributed by atoms with Crippen LogP contribution in [0, 0.1) is 0 Å². The Kier molecular flexibility index (Phi) is 5.07. The maximum absolute atomic E-state index is 10.2. The summed E-state index contributed by atoms with van der Waals surface area (Å²) in [7, 11) is 0. The van der Waals surface area contributed by atoms with Crippen LogP contribution in [0.4, 0.5) is 0 Å². The second-order valence-electron chi connectivity index (χ2n) is 2.82. The van der Waals surface area contributed by atoms with Crippen molar-refractivity contribution in [1.82, 2.24) is 0 Å². The van der Waals surface area contributed by atoms with Crippen LogP contribution in [0.2, 0.25) is 0 Å². The molecule has 0 unspecified atom stereocenters. The summed E-state index contributed by atoms with van der Waals surface area (Å²) >= 11 is 0. The molecule has 0 aromatic rings. The van der Waals surface area contributed by atoms with Crippen molar-refractivity contribution in [2.45, 2.75) is 46.2 Å². The van der Waals surface area contributed by atoms with Gasteiger partial charge in [-0.2, -0.15) is 0 Å². The second kappa shape index (κ2) is 5.27. The van der Waals surface area contributed by atoms with Crippen LogP contribution in [0.25, 0.3) is 0 Å². The predicted molar refractivity (Wildman–Crippen MR) is 41.9 cm³/mol. The molecule has 0 heterocycles. The van der Waals surface area contributed by atoms with Gasteiger partial charge >= 0.3 is 0 Å². The highest BCUT2D eigenvalue weighted by atomic mass is 16.7. The van der Waals surface area contributed by atoms with Gasteiger partial charge in [-0.1, -0.05) is 0 Å². The highest BCUT2D eigenvalue weighted by Crippen LogP contribution is 2.00. The Labute approximate surface area is 67.7 Å². The molecule has 0 amide bonds. The van der Waals surface area contributed by atoms with Crippen LogP contribution < -0.4 is 0 Å². The molecular formula is C8H15O3. The van der Waals surface area contributed by atoms with Gasteiger partial charge in [0.2, 0.25) is 6.29 Å². The molecule has 0 aliphatic heterocycles. The van der Waals surface area contributed by atoms with E-state index >= 15 is 0 Å². The van der Waals surface area contributed by atoms with Gasteiger partial charge in [-0.15, -0.1) is 0 Å². The van der Waals surface area contributed by atoms with E-state index < -0.39 is 6.29 Å². The summed E-state index contributed by atoms with van der Waals surface area (Å²) in [4.78, 5) is 10.2. The Hall–Kier alpha value is -0.410. The number of hydrogen-bond donors (Lipinski definition) is 0. The third kappa shape index (κ3) is 6.01. The number of carbonyl (C=O) groups excluding carboxylic acids is 1. The molecule has 0 saturated carbocycles. The molecule has 0 atom stereocenters. The lowest BCUT2D eigenvalue weighted by Gasteiger charge is -2.16. The van der Waals surface area contributed by atoms with Crippen molar-refractivity contribution >= 4 is 6.29 Å². The first kappa shape index (κ1) is 10.6. The van der Waals surface area contributed by atoms with Gasteiger partial charge in [0.25, 0.3) is 6.29 Å². The van der Waals surface area contributed by atoms with Crippen LogP contribution >= 0.6 is 0 Å². The van der Waals surface area contributed by atoms with Crippen molar-refractivity contribution in [2.75, 3.05) is 0 Å². The summed E-state index contributed by atoms with van der Waals surface area (Å²) in [6, 6.07) is 0. The molecule has 3 nitrogen and oxygen atoms in total. The molecule has 0 aromatic carbocycles. The van der Waals surface area contributed by atoms with Gasteiger partial charge in [0.15, 0.2) is 0 Å². The molecule has 0 rings (SSSR count). The van der Waals surface area contributed by atoms with Crippen molar-refractivity contribution in [3.63, 3.8) is 0 Å². The quantitative estimate of drug-likeness (QED) is 0.567. The lowest BCUT2D eigenvalue weighted by molar-refractivity contribution is -0.140. The van der Waals surface area contributed by atoms with Gasteiger partial charge in [0, 0.05) is 0 Å². The fourth-order valence-electron chi connectivity index (χ4n) is 0.582. The van der Waals surface area contributed by atoms with E-state index in [9.17, 15) is 4.79 Å². The average Bonchev–Trinajstić information content (AvgIpc) is 1.84. The zero-order valence-electron chi connectivity index (χ0n) is 7.46. The van der Waals surface area contributed by atoms with E-state index in [1.165, 1.54) is 0 Å². The molecule has 3 heteroatoms. The van der Waals surface area contributed by atoms with E-state index in [1.54, 1.807) is 6.29 Å². The van der Waals surface area contributed by atoms with Gasteiger partial charge < -0.3 is 9.47 Å². The molecular weight excluding hydrogens is 144 g/mol. The maximum atomic E-state index is 10.2. The number of rotatable bonds is 5. The van der Waals surface area contributed by atoms with E-state index in [0.29, 0.717) is 0 Å². The fraction of sp³-hybridized carbons (Fsp3) is 0.875. The highest BCUT2D eigenvalue weighted by molar-refractivity contribution is 5.54. The van der Waals surface area contributed by atoms with Crippen molar-refractivity contribution in [3.8, 4) is 0 Å². The standard InChI is InChI=1S/C8H15O3/c1-6(2)10-8(5-9)11-7(3)4/h6-8H,1-4H3. The van der Waals surface area contributed by atoms with Gasteiger partial charge in [-0.3, -0.25) is 4.79 Å². The van der Waals surface area contributed by atoms with E-state index in [0.717, 1.165) is 0 Å². The van der Waals surface area contributed by atoms with Gasteiger partial charge in [0.1, 0.15) is 0 Å². The lowest BCUT2D eigenvalue weighted by Crippen LogP contribution is -2.25. The summed E-state index contributed by atoms with van der Waals surface area (Å²) in [5.74, 6) is 0. The largest absolute Gasteiger partial charge is 0.343 e. The summed E-state index contributed by atoms with van der Waals surface area (Å²) in [6.45, 7) is 7.37. The maximum Gasteiger partial charge on any atom is 0.259 e. The van der Waals surface area contributed by atoms with Crippen LogP contribution in [0.5, 0.6) is 0 Å². The summed E-state index contributed by atoms with van der Waals surface area (Å²) < 4.78 is 10.1. The van der Waals surface area contributed by atoms with Crippen molar-refractivity contribution in [2.24, 2.45) is 0 Å². The molecule has 0 bridgehead atoms. The van der Waals surface area contributed by atoms with E-state index in [2.05, 4.69) is 0 Å². The van der Waals surface area contributed by atoms with Gasteiger partial charge in [-0.05, 0) is 27.7 Å². The minimum Gasteiger partial charge on any atom is -0.343 e. The van der Waals surface area contributed by atoms with Crippen molar-refractivity contribution < 1.29 is 14.3 Å². The molecule has 65 valence electrons. The van der Waals surface area contributed by atoms with Crippen LogP contribution in [-0.2, 0) is 14.3 Å². The Morgan fingerprint density at radius 3 is 1.55 bits per heavy atom. The van der Waals surface area contributed by atoms with E-state index in [4.69, 9.17) is 9.47 Å². The molecule has 0 aliphatic carbocycles. The molecule has 0 aliphatic rings. The zero-order valence-corrected chi connectivity index (χ0v) is 7.46. The summed E-state index contributed by atoms with van der Waals surface area (Å²) in [6.07, 6.45) is 0.805. The van der Waals surface area contributed by atoms with Crippen LogP contribution in [0.1, 0.15) is 27.7 Å². The average molecular weight is 159 g/mol. The minimum absolute atomic E-state index is 0.0137. The molecule has 0 fully saturated rings. The third-order valence-electron chi connectivity index (χ3n) is 0.888. The minimum atomic E-state index is -0.838. The predicted octanol–water partition coefficient (Wildman–Crippen LogP) is 1.27. The molecule has 0 spiro atoms. The van der Waals surface area contributed by atoms with Gasteiger partial charge in [-0.25, -0.2) is 0 Å². The topological polar surface area (TPSA) is 35.5 Å². The van der Waals surface area contributed by atoms with E-state index in [-0.39, 0.29) is 12.2 Å². The van der Waals surface area contributed by atoms with E-state index in [1.807, 2.05) is 27.7 Å². The lowest BCUT2D eigenvalue weighted by atomic mass is 10.4. The Bertz CT molecular complexity index is 99.9. The number of hydrogen-bond acceptors (Lipinski definition) is 3. The van der Waals surface area contributed by atoms with Crippen LogP contribution in [0.3, 0.4) is 0 Å². The molecule has 0 saturated heterocycles. The second-order valence-corrected chi connectivity index (χ2v) is 2.82. The first-order chi connectivity index (χ1) is 5.06. The zero-order chi connectivity index (χ0) is 8.85. The molecule has 0 N–H and O–H groups in total. The Morgan fingerprint density at radius 2 is 1.36 bits per heavy atom. The number of ether oxygens (including phenoxy) is 2. The fourth-order valence-corrected chi connectivity index (χ4v) is 0.582. The molecule has 11 heavy (non-hydrogen) atoms. The van der Waals surface area contributed by atoms with Crippen LogP contribution in [0.15, 0.2) is 0 Å². The first-order valence-corrected chi connectivity index (χ1v) is 3.75. The smallest absolute Gasteiger partial charge is 0.259 e. The Balaban J connectivity index is 3.67. The normalized spacial score (nSPS) is 11.5. The van der Waals surface area contributed by atoms with Crippen LogP contribution in [-0.4, -0.2) is 24.8 Å².